The standard InChI is InChI=1S/C13H14N2O2/c1-8(2)17-13(16)10-5-9-3-4-11(14)6-12(9)15-7-10/h3-8H,14H2,1-2H3. The molecule has 88 valence electrons. The molecule has 0 aliphatic carbocycles. The van der Waals surface area contributed by atoms with Gasteiger partial charge in [0.2, 0.25) is 0 Å². The van der Waals surface area contributed by atoms with Crippen LogP contribution in [0.2, 0.25) is 0 Å². The Hall–Kier alpha value is -2.10. The summed E-state index contributed by atoms with van der Waals surface area (Å²) in [6.07, 6.45) is 1.37. The molecule has 0 radical (unpaired) electrons. The van der Waals surface area contributed by atoms with E-state index in [1.54, 1.807) is 18.2 Å². The fraction of sp³-hybridized carbons (Fsp3) is 0.231. The van der Waals surface area contributed by atoms with Crippen molar-refractivity contribution in [3.63, 3.8) is 0 Å². The summed E-state index contributed by atoms with van der Waals surface area (Å²) in [4.78, 5) is 15.9. The molecule has 4 nitrogen and oxygen atoms in total. The number of hydrogen-bond acceptors (Lipinski definition) is 4. The van der Waals surface area contributed by atoms with Gasteiger partial charge in [-0.2, -0.15) is 0 Å². The summed E-state index contributed by atoms with van der Waals surface area (Å²) in [6.45, 7) is 3.63. The Morgan fingerprint density at radius 2 is 2.12 bits per heavy atom. The molecule has 0 bridgehead atoms. The van der Waals surface area contributed by atoms with Gasteiger partial charge in [0.15, 0.2) is 0 Å². The first-order valence-electron chi connectivity index (χ1n) is 5.42. The second kappa shape index (κ2) is 4.41. The molecule has 17 heavy (non-hydrogen) atoms. The number of carbonyl (C=O) groups excluding carboxylic acids is 1. The Kier molecular flexibility index (Phi) is 2.95. The fourth-order valence-electron chi connectivity index (χ4n) is 1.53. The van der Waals surface area contributed by atoms with E-state index in [0.29, 0.717) is 11.3 Å². The predicted octanol–water partition coefficient (Wildman–Crippen LogP) is 2.38. The number of ether oxygens (including phenoxy) is 1. The monoisotopic (exact) mass is 230 g/mol. The minimum atomic E-state index is -0.355. The molecule has 1 aromatic carbocycles. The smallest absolute Gasteiger partial charge is 0.339 e. The third-order valence-corrected chi connectivity index (χ3v) is 2.29. The summed E-state index contributed by atoms with van der Waals surface area (Å²) in [7, 11) is 0. The zero-order valence-corrected chi connectivity index (χ0v) is 9.81. The Bertz CT molecular complexity index is 564. The Morgan fingerprint density at radius 3 is 2.82 bits per heavy atom. The molecule has 0 aliphatic heterocycles. The molecule has 4 heteroatoms. The first-order valence-corrected chi connectivity index (χ1v) is 5.42. The van der Waals surface area contributed by atoms with Crippen molar-refractivity contribution in [1.82, 2.24) is 4.98 Å². The lowest BCUT2D eigenvalue weighted by molar-refractivity contribution is 0.0377. The third kappa shape index (κ3) is 2.53. The van der Waals surface area contributed by atoms with E-state index in [1.807, 2.05) is 19.9 Å². The van der Waals surface area contributed by atoms with Gasteiger partial charge in [0.25, 0.3) is 0 Å². The summed E-state index contributed by atoms with van der Waals surface area (Å²) < 4.78 is 5.11. The van der Waals surface area contributed by atoms with Crippen molar-refractivity contribution in [3.05, 3.63) is 36.0 Å². The Morgan fingerprint density at radius 1 is 1.35 bits per heavy atom. The lowest BCUT2D eigenvalue weighted by Crippen LogP contribution is -2.11. The molecule has 2 N–H and O–H groups in total. The Balaban J connectivity index is 2.38. The van der Waals surface area contributed by atoms with Crippen LogP contribution in [-0.2, 0) is 4.74 Å². The molecular weight excluding hydrogens is 216 g/mol. The zero-order chi connectivity index (χ0) is 12.4. The summed E-state index contributed by atoms with van der Waals surface area (Å²) in [5.74, 6) is -0.355. The van der Waals surface area contributed by atoms with Crippen molar-refractivity contribution in [2.75, 3.05) is 5.73 Å². The van der Waals surface area contributed by atoms with Gasteiger partial charge in [-0.15, -0.1) is 0 Å². The van der Waals surface area contributed by atoms with Crippen LogP contribution in [0, 0.1) is 0 Å². The van der Waals surface area contributed by atoms with Crippen molar-refractivity contribution in [2.24, 2.45) is 0 Å². The van der Waals surface area contributed by atoms with E-state index < -0.39 is 0 Å². The number of hydrogen-bond donors (Lipinski definition) is 1. The zero-order valence-electron chi connectivity index (χ0n) is 9.81. The van der Waals surface area contributed by atoms with Crippen LogP contribution in [0.1, 0.15) is 24.2 Å². The van der Waals surface area contributed by atoms with E-state index >= 15 is 0 Å². The van der Waals surface area contributed by atoms with Crippen LogP contribution in [0.25, 0.3) is 10.9 Å². The van der Waals surface area contributed by atoms with E-state index in [0.717, 1.165) is 10.9 Å². The van der Waals surface area contributed by atoms with Gasteiger partial charge in [-0.25, -0.2) is 4.79 Å². The second-order valence-corrected chi connectivity index (χ2v) is 4.13. The van der Waals surface area contributed by atoms with Gasteiger partial charge in [0, 0.05) is 17.3 Å². The van der Waals surface area contributed by atoms with Crippen LogP contribution in [-0.4, -0.2) is 17.1 Å². The summed E-state index contributed by atoms with van der Waals surface area (Å²) in [6, 6.07) is 7.14. The highest BCUT2D eigenvalue weighted by Gasteiger charge is 2.10. The van der Waals surface area contributed by atoms with E-state index in [1.165, 1.54) is 6.20 Å². The van der Waals surface area contributed by atoms with Crippen LogP contribution in [0.5, 0.6) is 0 Å². The quantitative estimate of drug-likeness (QED) is 0.635. The highest BCUT2D eigenvalue weighted by atomic mass is 16.5. The minimum Gasteiger partial charge on any atom is -0.459 e. The maximum atomic E-state index is 11.7. The summed E-state index contributed by atoms with van der Waals surface area (Å²) in [5, 5.41) is 0.873. The number of benzene rings is 1. The molecule has 0 amide bonds. The maximum Gasteiger partial charge on any atom is 0.339 e. The number of rotatable bonds is 2. The Labute approximate surface area is 99.4 Å². The molecule has 0 fully saturated rings. The van der Waals surface area contributed by atoms with Crippen molar-refractivity contribution >= 4 is 22.6 Å². The highest BCUT2D eigenvalue weighted by molar-refractivity contribution is 5.94. The number of nitrogens with two attached hydrogens (primary N) is 1. The van der Waals surface area contributed by atoms with Gasteiger partial charge >= 0.3 is 5.97 Å². The predicted molar refractivity (Wildman–Crippen MR) is 66.7 cm³/mol. The van der Waals surface area contributed by atoms with Gasteiger partial charge in [-0.1, -0.05) is 6.07 Å². The topological polar surface area (TPSA) is 65.2 Å². The number of aromatic nitrogens is 1. The average molecular weight is 230 g/mol. The van der Waals surface area contributed by atoms with Crippen LogP contribution in [0.15, 0.2) is 30.5 Å². The SMILES string of the molecule is CC(C)OC(=O)c1cnc2cc(N)ccc2c1. The van der Waals surface area contributed by atoms with E-state index in [-0.39, 0.29) is 12.1 Å². The van der Waals surface area contributed by atoms with Crippen LogP contribution >= 0.6 is 0 Å². The highest BCUT2D eigenvalue weighted by Crippen LogP contribution is 2.17. The molecule has 1 heterocycles. The van der Waals surface area contributed by atoms with E-state index in [2.05, 4.69) is 4.98 Å². The molecule has 1 aromatic heterocycles. The van der Waals surface area contributed by atoms with E-state index in [4.69, 9.17) is 10.5 Å². The van der Waals surface area contributed by atoms with Gasteiger partial charge in [0.05, 0.1) is 17.2 Å². The van der Waals surface area contributed by atoms with Gasteiger partial charge in [-0.05, 0) is 32.0 Å². The maximum absolute atomic E-state index is 11.7. The number of nitrogen functional groups attached to an aromatic ring is 1. The second-order valence-electron chi connectivity index (χ2n) is 4.13. The minimum absolute atomic E-state index is 0.135. The van der Waals surface area contributed by atoms with Crippen molar-refractivity contribution < 1.29 is 9.53 Å². The number of pyridine rings is 1. The molecule has 2 aromatic rings. The van der Waals surface area contributed by atoms with Crippen LogP contribution in [0.3, 0.4) is 0 Å². The van der Waals surface area contributed by atoms with Crippen LogP contribution in [0.4, 0.5) is 5.69 Å². The van der Waals surface area contributed by atoms with Gasteiger partial charge < -0.3 is 10.5 Å². The molecule has 0 saturated carbocycles. The molecular formula is C13H14N2O2. The molecule has 0 atom stereocenters. The summed E-state index contributed by atoms with van der Waals surface area (Å²) in [5.41, 5.74) is 7.54. The number of fused-ring (bicyclic) bond motifs is 1. The van der Waals surface area contributed by atoms with Crippen molar-refractivity contribution in [1.29, 1.82) is 0 Å². The fourth-order valence-corrected chi connectivity index (χ4v) is 1.53. The largest absolute Gasteiger partial charge is 0.459 e. The lowest BCUT2D eigenvalue weighted by Gasteiger charge is -2.08. The normalized spacial score (nSPS) is 10.8. The molecule has 2 rings (SSSR count). The first kappa shape index (κ1) is 11.4. The third-order valence-electron chi connectivity index (χ3n) is 2.29. The molecule has 0 spiro atoms. The number of nitrogens with zero attached hydrogens (tertiary/aromatic N) is 1. The molecule has 0 unspecified atom stereocenters. The summed E-state index contributed by atoms with van der Waals surface area (Å²) >= 11 is 0. The first-order chi connectivity index (χ1) is 8.06. The van der Waals surface area contributed by atoms with Crippen LogP contribution < -0.4 is 5.73 Å². The van der Waals surface area contributed by atoms with Crippen molar-refractivity contribution in [2.45, 2.75) is 20.0 Å². The van der Waals surface area contributed by atoms with Gasteiger partial charge in [-0.3, -0.25) is 4.98 Å². The molecule has 0 saturated heterocycles. The average Bonchev–Trinajstić information content (AvgIpc) is 2.27. The van der Waals surface area contributed by atoms with Gasteiger partial charge in [0.1, 0.15) is 0 Å². The number of esters is 1. The lowest BCUT2D eigenvalue weighted by atomic mass is 10.1. The number of anilines is 1. The molecule has 0 aliphatic rings. The van der Waals surface area contributed by atoms with E-state index in [9.17, 15) is 4.79 Å². The number of carbonyl (C=O) groups is 1. The van der Waals surface area contributed by atoms with Crippen molar-refractivity contribution in [3.8, 4) is 0 Å².